The lowest BCUT2D eigenvalue weighted by atomic mass is 9.96. The van der Waals surface area contributed by atoms with Crippen molar-refractivity contribution in [3.63, 3.8) is 0 Å². The van der Waals surface area contributed by atoms with Crippen molar-refractivity contribution in [2.75, 3.05) is 0 Å². The molecule has 0 saturated carbocycles. The molecule has 2 heteroatoms. The highest BCUT2D eigenvalue weighted by molar-refractivity contribution is 5.79. The molecule has 0 amide bonds. The van der Waals surface area contributed by atoms with Gasteiger partial charge < -0.3 is 0 Å². The smallest absolute Gasteiger partial charge is 0.0328 e. The molecular weight excluding hydrogens is 532 g/mol. The van der Waals surface area contributed by atoms with Crippen molar-refractivity contribution in [3.8, 4) is 23.7 Å². The summed E-state index contributed by atoms with van der Waals surface area (Å²) in [6.07, 6.45) is 15.6. The first-order chi connectivity index (χ1) is 21.4. The first kappa shape index (κ1) is 30.0. The predicted octanol–water partition coefficient (Wildman–Crippen LogP) is 9.86. The van der Waals surface area contributed by atoms with Gasteiger partial charge in [0.15, 0.2) is 0 Å². The molecule has 5 aromatic rings. The minimum absolute atomic E-state index is 0.498. The number of pyridine rings is 2. The fourth-order valence-corrected chi connectivity index (χ4v) is 4.63. The second kappa shape index (κ2) is 14.6. The summed E-state index contributed by atoms with van der Waals surface area (Å²) in [5.74, 6) is 14.5. The van der Waals surface area contributed by atoms with Crippen LogP contribution in [0.4, 0.5) is 0 Å². The lowest BCUT2D eigenvalue weighted by Gasteiger charge is -2.08. The van der Waals surface area contributed by atoms with Gasteiger partial charge in [0.1, 0.15) is 0 Å². The summed E-state index contributed by atoms with van der Waals surface area (Å²) in [5.41, 5.74) is 10.7. The molecule has 0 saturated heterocycles. The van der Waals surface area contributed by atoms with Gasteiger partial charge in [-0.2, -0.15) is 0 Å². The normalized spacial score (nSPS) is 11.0. The van der Waals surface area contributed by atoms with E-state index in [1.807, 2.05) is 24.3 Å². The number of rotatable bonds is 6. The van der Waals surface area contributed by atoms with Crippen LogP contribution in [0.25, 0.3) is 24.3 Å². The maximum atomic E-state index is 4.13. The van der Waals surface area contributed by atoms with Crippen LogP contribution in [-0.4, -0.2) is 9.97 Å². The van der Waals surface area contributed by atoms with Gasteiger partial charge in [-0.05, 0) is 81.6 Å². The molecule has 2 nitrogen and oxygen atoms in total. The molecule has 0 aliphatic carbocycles. The van der Waals surface area contributed by atoms with Crippen molar-refractivity contribution in [1.29, 1.82) is 0 Å². The molecular formula is C42H36N2. The topological polar surface area (TPSA) is 25.8 Å². The number of benzene rings is 3. The van der Waals surface area contributed by atoms with Crippen LogP contribution in [0.5, 0.6) is 0 Å². The highest BCUT2D eigenvalue weighted by atomic mass is 14.6. The fraction of sp³-hybridized carbons (Fsp3) is 0.143. The third kappa shape index (κ3) is 8.32. The molecule has 0 fully saturated rings. The largest absolute Gasteiger partial charge is 0.265 e. The van der Waals surface area contributed by atoms with E-state index >= 15 is 0 Å². The minimum atomic E-state index is 0.498. The summed E-state index contributed by atoms with van der Waals surface area (Å²) in [4.78, 5) is 8.26. The zero-order valence-electron chi connectivity index (χ0n) is 25.8. The van der Waals surface area contributed by atoms with Crippen molar-refractivity contribution in [2.24, 2.45) is 0 Å². The Morgan fingerprint density at radius 1 is 0.455 bits per heavy atom. The van der Waals surface area contributed by atoms with Gasteiger partial charge in [-0.3, -0.25) is 9.97 Å². The third-order valence-corrected chi connectivity index (χ3v) is 7.38. The Morgan fingerprint density at radius 2 is 0.818 bits per heavy atom. The molecule has 3 aromatic carbocycles. The average molecular weight is 569 g/mol. The van der Waals surface area contributed by atoms with Crippen molar-refractivity contribution in [3.05, 3.63) is 165 Å². The predicted molar refractivity (Wildman–Crippen MR) is 186 cm³/mol. The third-order valence-electron chi connectivity index (χ3n) is 7.38. The maximum absolute atomic E-state index is 4.13. The molecule has 0 N–H and O–H groups in total. The Hall–Kier alpha value is -5.44. The highest BCUT2D eigenvalue weighted by Crippen LogP contribution is 2.23. The van der Waals surface area contributed by atoms with Gasteiger partial charge in [0, 0.05) is 47.0 Å². The fourth-order valence-electron chi connectivity index (χ4n) is 4.63. The number of aromatic nitrogens is 2. The van der Waals surface area contributed by atoms with Gasteiger partial charge in [-0.15, -0.1) is 0 Å². The molecule has 44 heavy (non-hydrogen) atoms. The second-order valence-electron chi connectivity index (χ2n) is 11.3. The Balaban J connectivity index is 1.60. The minimum Gasteiger partial charge on any atom is -0.265 e. The Bertz CT molecular complexity index is 1730. The van der Waals surface area contributed by atoms with Gasteiger partial charge in [-0.1, -0.05) is 124 Å². The van der Waals surface area contributed by atoms with E-state index in [2.05, 4.69) is 146 Å². The Labute approximate surface area is 262 Å². The zero-order valence-corrected chi connectivity index (χ0v) is 25.8. The van der Waals surface area contributed by atoms with E-state index in [1.54, 1.807) is 24.8 Å². The Morgan fingerprint density at radius 3 is 1.16 bits per heavy atom. The van der Waals surface area contributed by atoms with Crippen LogP contribution in [-0.2, 0) is 0 Å². The summed E-state index contributed by atoms with van der Waals surface area (Å²) in [6.45, 7) is 8.85. The Kier molecular flexibility index (Phi) is 9.99. The molecule has 2 aromatic heterocycles. The van der Waals surface area contributed by atoms with Crippen LogP contribution in [0.2, 0.25) is 0 Å². The molecule has 0 aliphatic rings. The maximum Gasteiger partial charge on any atom is 0.0328 e. The zero-order chi connectivity index (χ0) is 30.7. The van der Waals surface area contributed by atoms with E-state index < -0.39 is 0 Å². The summed E-state index contributed by atoms with van der Waals surface area (Å²) in [6, 6.07) is 29.4. The second-order valence-corrected chi connectivity index (χ2v) is 11.3. The van der Waals surface area contributed by atoms with E-state index in [0.717, 1.165) is 44.5 Å². The van der Waals surface area contributed by atoms with E-state index in [4.69, 9.17) is 0 Å². The molecule has 0 atom stereocenters. The average Bonchev–Trinajstić information content (AvgIpc) is 3.06. The molecule has 5 rings (SSSR count). The van der Waals surface area contributed by atoms with Crippen LogP contribution in [0.1, 0.15) is 95.2 Å². The van der Waals surface area contributed by atoms with Crippen LogP contribution in [0.15, 0.2) is 110 Å². The molecule has 0 bridgehead atoms. The first-order valence-corrected chi connectivity index (χ1v) is 15.0. The quantitative estimate of drug-likeness (QED) is 0.150. The summed E-state index contributed by atoms with van der Waals surface area (Å²) in [7, 11) is 0. The van der Waals surface area contributed by atoms with Gasteiger partial charge in [0.05, 0.1) is 0 Å². The summed E-state index contributed by atoms with van der Waals surface area (Å²) < 4.78 is 0. The first-order valence-electron chi connectivity index (χ1n) is 15.0. The van der Waals surface area contributed by atoms with E-state index in [9.17, 15) is 0 Å². The van der Waals surface area contributed by atoms with Crippen molar-refractivity contribution in [1.82, 2.24) is 9.97 Å². The lowest BCUT2D eigenvalue weighted by Crippen LogP contribution is -1.92. The molecule has 0 radical (unpaired) electrons. The summed E-state index contributed by atoms with van der Waals surface area (Å²) >= 11 is 0. The summed E-state index contributed by atoms with van der Waals surface area (Å²) in [5, 5.41) is 0. The number of hydrogen-bond acceptors (Lipinski definition) is 2. The van der Waals surface area contributed by atoms with Gasteiger partial charge in [-0.25, -0.2) is 0 Å². The monoisotopic (exact) mass is 568 g/mol. The standard InChI is InChI=1S/C42H36N2/c1-31(2)37-13-5-33(6-14-37)9-17-39-29-42(20-12-36-23-27-44-28-24-36)40(18-10-34-7-15-38(16-8-34)32(3)4)30-41(39)19-11-35-21-25-43-26-22-35/h5-10,13-18,21-32H,1-4H3/b17-9+,18-10+. The lowest BCUT2D eigenvalue weighted by molar-refractivity contribution is 0.866. The molecule has 0 spiro atoms. The molecule has 0 unspecified atom stereocenters. The van der Waals surface area contributed by atoms with Crippen molar-refractivity contribution < 1.29 is 0 Å². The molecule has 2 heterocycles. The van der Waals surface area contributed by atoms with Crippen molar-refractivity contribution in [2.45, 2.75) is 39.5 Å². The molecule has 214 valence electrons. The molecule has 0 aliphatic heterocycles. The van der Waals surface area contributed by atoms with E-state index in [1.165, 1.54) is 11.1 Å². The van der Waals surface area contributed by atoms with Crippen LogP contribution < -0.4 is 0 Å². The van der Waals surface area contributed by atoms with Crippen molar-refractivity contribution >= 4 is 24.3 Å². The highest BCUT2D eigenvalue weighted by Gasteiger charge is 2.06. The van der Waals surface area contributed by atoms with Crippen LogP contribution >= 0.6 is 0 Å². The van der Waals surface area contributed by atoms with Gasteiger partial charge in [0.25, 0.3) is 0 Å². The SMILES string of the molecule is CC(C)c1ccc(/C=C/c2cc(C#Cc3ccncc3)c(/C=C/c3ccc(C(C)C)cc3)cc2C#Cc2ccncc2)cc1. The van der Waals surface area contributed by atoms with E-state index in [0.29, 0.717) is 11.8 Å². The van der Waals surface area contributed by atoms with Gasteiger partial charge in [0.2, 0.25) is 0 Å². The number of hydrogen-bond donors (Lipinski definition) is 0. The van der Waals surface area contributed by atoms with Crippen LogP contribution in [0.3, 0.4) is 0 Å². The number of nitrogens with zero attached hydrogens (tertiary/aromatic N) is 2. The van der Waals surface area contributed by atoms with E-state index in [-0.39, 0.29) is 0 Å². The van der Waals surface area contributed by atoms with Crippen LogP contribution in [0, 0.1) is 23.7 Å². The van der Waals surface area contributed by atoms with Gasteiger partial charge >= 0.3 is 0 Å².